The summed E-state index contributed by atoms with van der Waals surface area (Å²) in [6.45, 7) is 8.05. The smallest absolute Gasteiger partial charge is 0.317 e. The summed E-state index contributed by atoms with van der Waals surface area (Å²) in [5, 5.41) is 0. The van der Waals surface area contributed by atoms with Crippen molar-refractivity contribution in [1.82, 2.24) is 0 Å². The van der Waals surface area contributed by atoms with Gasteiger partial charge in [0, 0.05) is 12.0 Å². The van der Waals surface area contributed by atoms with Crippen LogP contribution in [0, 0.1) is 5.92 Å². The summed E-state index contributed by atoms with van der Waals surface area (Å²) in [5.74, 6) is 0.479. The van der Waals surface area contributed by atoms with Crippen molar-refractivity contribution in [3.8, 4) is 5.75 Å². The first-order chi connectivity index (χ1) is 18.4. The molecule has 2 rings (SSSR count). The summed E-state index contributed by atoms with van der Waals surface area (Å²) in [6, 6.07) is 18.8. The topological polar surface area (TPSA) is 35.5 Å². The molecule has 0 radical (unpaired) electrons. The molecule has 2 unspecified atom stereocenters. The van der Waals surface area contributed by atoms with E-state index in [1.165, 1.54) is 62.5 Å². The third kappa shape index (κ3) is 13.0. The van der Waals surface area contributed by atoms with Gasteiger partial charge in [0.15, 0.2) is 0 Å². The molecule has 0 fully saturated rings. The summed E-state index contributed by atoms with van der Waals surface area (Å²) in [7, 11) is 4.36. The molecule has 0 saturated carbocycles. The Morgan fingerprint density at radius 2 is 1.45 bits per heavy atom. The maximum absolute atomic E-state index is 13.2. The Balaban J connectivity index is 1.87. The highest BCUT2D eigenvalue weighted by molar-refractivity contribution is 5.72. The van der Waals surface area contributed by atoms with Crippen LogP contribution in [0.25, 0.3) is 0 Å². The fourth-order valence-corrected chi connectivity index (χ4v) is 5.10. The second-order valence-corrected chi connectivity index (χ2v) is 11.5. The lowest BCUT2D eigenvalue weighted by Crippen LogP contribution is -2.45. The molecular formula is C34H54NO3+. The lowest BCUT2D eigenvalue weighted by atomic mass is 10.0. The number of benzene rings is 2. The Morgan fingerprint density at radius 3 is 2.11 bits per heavy atom. The molecule has 0 aromatic heterocycles. The first-order valence-electron chi connectivity index (χ1n) is 15.2. The molecule has 0 saturated heterocycles. The molecule has 0 spiro atoms. The molecule has 2 aromatic rings. The predicted molar refractivity (Wildman–Crippen MR) is 159 cm³/mol. The fraction of sp³-hybridized carbons (Fsp3) is 0.618. The Bertz CT molecular complexity index is 896. The van der Waals surface area contributed by atoms with Crippen molar-refractivity contribution in [2.24, 2.45) is 5.92 Å². The fourth-order valence-electron chi connectivity index (χ4n) is 5.10. The maximum atomic E-state index is 13.2. The first kappa shape index (κ1) is 31.9. The van der Waals surface area contributed by atoms with E-state index >= 15 is 0 Å². The number of ether oxygens (including phenoxy) is 2. The Hall–Kier alpha value is -2.33. The average Bonchev–Trinajstić information content (AvgIpc) is 2.89. The van der Waals surface area contributed by atoms with E-state index in [4.69, 9.17) is 9.47 Å². The Kier molecular flexibility index (Phi) is 15.1. The first-order valence-corrected chi connectivity index (χ1v) is 15.2. The van der Waals surface area contributed by atoms with Crippen LogP contribution in [-0.2, 0) is 22.5 Å². The van der Waals surface area contributed by atoms with E-state index < -0.39 is 6.29 Å². The van der Waals surface area contributed by atoms with Crippen molar-refractivity contribution in [3.05, 3.63) is 65.7 Å². The molecule has 0 bridgehead atoms. The zero-order valence-electron chi connectivity index (χ0n) is 24.9. The average molecular weight is 525 g/mol. The highest BCUT2D eigenvalue weighted by Crippen LogP contribution is 2.22. The van der Waals surface area contributed by atoms with E-state index in [2.05, 4.69) is 77.3 Å². The van der Waals surface area contributed by atoms with E-state index in [9.17, 15) is 4.79 Å². The van der Waals surface area contributed by atoms with Crippen LogP contribution in [0.15, 0.2) is 54.6 Å². The summed E-state index contributed by atoms with van der Waals surface area (Å²) < 4.78 is 12.9. The number of nitrogens with zero attached hydrogens (tertiary/aromatic N) is 1. The largest absolute Gasteiger partial charge is 0.455 e. The standard InChI is InChI=1S/C34H54NO3/c1-6-9-10-11-12-13-14-16-21-29-24-19-25-32(26-29)37-33(20-7-2)38-34(36)31(8-3)28-35(4,5)27-30-22-17-15-18-23-30/h15,17-19,22-26,31,33H,6-14,16,20-21,27-28H2,1-5H3/q+1. The quantitative estimate of drug-likeness (QED) is 0.0752. The van der Waals surface area contributed by atoms with Crippen LogP contribution in [0.5, 0.6) is 5.75 Å². The van der Waals surface area contributed by atoms with Gasteiger partial charge in [0.05, 0.1) is 20.6 Å². The van der Waals surface area contributed by atoms with Crippen molar-refractivity contribution in [3.63, 3.8) is 0 Å². The SMILES string of the molecule is CCCCCCCCCCc1cccc(OC(CCC)OC(=O)C(CC)C[N+](C)(C)Cc2ccccc2)c1. The molecule has 2 atom stereocenters. The molecule has 0 N–H and O–H groups in total. The van der Waals surface area contributed by atoms with Gasteiger partial charge < -0.3 is 14.0 Å². The molecular weight excluding hydrogens is 470 g/mol. The molecule has 38 heavy (non-hydrogen) atoms. The summed E-state index contributed by atoms with van der Waals surface area (Å²) in [5.41, 5.74) is 2.57. The van der Waals surface area contributed by atoms with Gasteiger partial charge >= 0.3 is 5.97 Å². The van der Waals surface area contributed by atoms with Gasteiger partial charge in [0.2, 0.25) is 6.29 Å². The zero-order valence-corrected chi connectivity index (χ0v) is 24.9. The Labute approximate surface area is 233 Å². The van der Waals surface area contributed by atoms with Gasteiger partial charge in [-0.15, -0.1) is 0 Å². The molecule has 0 aliphatic carbocycles. The number of carbonyl (C=O) groups is 1. The zero-order chi connectivity index (χ0) is 27.6. The van der Waals surface area contributed by atoms with Gasteiger partial charge in [-0.2, -0.15) is 0 Å². The molecule has 4 nitrogen and oxygen atoms in total. The molecule has 2 aromatic carbocycles. The van der Waals surface area contributed by atoms with Crippen molar-refractivity contribution in [1.29, 1.82) is 0 Å². The summed E-state index contributed by atoms with van der Waals surface area (Å²) in [6.07, 6.45) is 13.4. The number of esters is 1. The van der Waals surface area contributed by atoms with Gasteiger partial charge in [-0.25, -0.2) is 0 Å². The van der Waals surface area contributed by atoms with Gasteiger partial charge in [0.25, 0.3) is 0 Å². The summed E-state index contributed by atoms with van der Waals surface area (Å²) in [4.78, 5) is 13.2. The number of carbonyl (C=O) groups excluding carboxylic acids is 1. The number of hydrogen-bond donors (Lipinski definition) is 0. The minimum Gasteiger partial charge on any atom is -0.455 e. The van der Waals surface area contributed by atoms with Crippen LogP contribution in [0.2, 0.25) is 0 Å². The van der Waals surface area contributed by atoms with E-state index in [1.54, 1.807) is 0 Å². The van der Waals surface area contributed by atoms with Crippen molar-refractivity contribution >= 4 is 5.97 Å². The maximum Gasteiger partial charge on any atom is 0.317 e. The van der Waals surface area contributed by atoms with E-state index in [1.807, 2.05) is 12.1 Å². The number of rotatable bonds is 20. The minimum absolute atomic E-state index is 0.152. The summed E-state index contributed by atoms with van der Waals surface area (Å²) >= 11 is 0. The lowest BCUT2D eigenvalue weighted by Gasteiger charge is -2.33. The molecule has 212 valence electrons. The minimum atomic E-state index is -0.551. The molecule has 0 heterocycles. The second-order valence-electron chi connectivity index (χ2n) is 11.5. The monoisotopic (exact) mass is 524 g/mol. The third-order valence-corrected chi connectivity index (χ3v) is 7.25. The van der Waals surface area contributed by atoms with Crippen molar-refractivity contribution < 1.29 is 18.8 Å². The van der Waals surface area contributed by atoms with Gasteiger partial charge in [-0.3, -0.25) is 4.79 Å². The van der Waals surface area contributed by atoms with Crippen LogP contribution < -0.4 is 4.74 Å². The number of aryl methyl sites for hydroxylation is 1. The van der Waals surface area contributed by atoms with Crippen LogP contribution in [-0.4, -0.2) is 37.4 Å². The van der Waals surface area contributed by atoms with E-state index in [0.717, 1.165) is 42.6 Å². The van der Waals surface area contributed by atoms with Crippen molar-refractivity contribution in [2.75, 3.05) is 20.6 Å². The van der Waals surface area contributed by atoms with E-state index in [0.29, 0.717) is 6.42 Å². The van der Waals surface area contributed by atoms with Crippen LogP contribution in [0.3, 0.4) is 0 Å². The third-order valence-electron chi connectivity index (χ3n) is 7.25. The number of quaternary nitrogens is 1. The molecule has 0 aliphatic rings. The number of hydrogen-bond acceptors (Lipinski definition) is 3. The van der Waals surface area contributed by atoms with Gasteiger partial charge in [-0.05, 0) is 43.4 Å². The molecule has 0 amide bonds. The molecule has 4 heteroatoms. The normalized spacial score (nSPS) is 13.2. The highest BCUT2D eigenvalue weighted by Gasteiger charge is 2.30. The Morgan fingerprint density at radius 1 is 0.789 bits per heavy atom. The van der Waals surface area contributed by atoms with Crippen LogP contribution >= 0.6 is 0 Å². The van der Waals surface area contributed by atoms with Gasteiger partial charge in [0.1, 0.15) is 18.2 Å². The number of unbranched alkanes of at least 4 members (excludes halogenated alkanes) is 7. The molecule has 0 aliphatic heterocycles. The van der Waals surface area contributed by atoms with E-state index in [-0.39, 0.29) is 11.9 Å². The van der Waals surface area contributed by atoms with Crippen molar-refractivity contribution in [2.45, 2.75) is 111 Å². The lowest BCUT2D eigenvalue weighted by molar-refractivity contribution is -0.906. The van der Waals surface area contributed by atoms with Crippen LogP contribution in [0.4, 0.5) is 0 Å². The van der Waals surface area contributed by atoms with Crippen LogP contribution in [0.1, 0.15) is 103 Å². The predicted octanol–water partition coefficient (Wildman–Crippen LogP) is 8.72. The highest BCUT2D eigenvalue weighted by atomic mass is 16.7. The van der Waals surface area contributed by atoms with Gasteiger partial charge in [-0.1, -0.05) is 108 Å². The second kappa shape index (κ2) is 18.0.